The summed E-state index contributed by atoms with van der Waals surface area (Å²) in [6.07, 6.45) is 0.963. The SMILES string of the molecule is CC(C)(C)S(=O)NC1C=CC(C(=O)Nc2cccc(C(F)(F)F)c2)=CC1. The summed E-state index contributed by atoms with van der Waals surface area (Å²) in [4.78, 5) is 12.2. The Kier molecular flexibility index (Phi) is 6.08. The molecule has 26 heavy (non-hydrogen) atoms. The largest absolute Gasteiger partial charge is 0.416 e. The van der Waals surface area contributed by atoms with Crippen LogP contribution in [0.2, 0.25) is 0 Å². The molecule has 2 N–H and O–H groups in total. The van der Waals surface area contributed by atoms with Crippen LogP contribution in [0.1, 0.15) is 32.8 Å². The maximum Gasteiger partial charge on any atom is 0.416 e. The van der Waals surface area contributed by atoms with Gasteiger partial charge in [0.1, 0.15) is 0 Å². The lowest BCUT2D eigenvalue weighted by Crippen LogP contribution is -2.39. The first kappa shape index (κ1) is 20.4. The molecule has 0 bridgehead atoms. The normalized spacial score (nSPS) is 19.0. The predicted molar refractivity (Wildman–Crippen MR) is 96.7 cm³/mol. The first-order valence-corrected chi connectivity index (χ1v) is 9.17. The van der Waals surface area contributed by atoms with Crippen LogP contribution in [0, 0.1) is 0 Å². The van der Waals surface area contributed by atoms with E-state index >= 15 is 0 Å². The second-order valence-electron chi connectivity index (χ2n) is 6.89. The van der Waals surface area contributed by atoms with Crippen molar-refractivity contribution >= 4 is 22.6 Å². The molecule has 0 saturated heterocycles. The van der Waals surface area contributed by atoms with Gasteiger partial charge in [-0.15, -0.1) is 0 Å². The van der Waals surface area contributed by atoms with E-state index in [4.69, 9.17) is 0 Å². The maximum atomic E-state index is 12.7. The van der Waals surface area contributed by atoms with Crippen LogP contribution in [0.3, 0.4) is 0 Å². The van der Waals surface area contributed by atoms with E-state index < -0.39 is 33.4 Å². The second-order valence-corrected chi connectivity index (χ2v) is 8.89. The van der Waals surface area contributed by atoms with Gasteiger partial charge in [-0.2, -0.15) is 13.2 Å². The highest BCUT2D eigenvalue weighted by Gasteiger charge is 2.30. The highest BCUT2D eigenvalue weighted by molar-refractivity contribution is 7.84. The third-order valence-corrected chi connectivity index (χ3v) is 5.25. The lowest BCUT2D eigenvalue weighted by Gasteiger charge is -2.23. The Bertz CT molecular complexity index is 764. The Morgan fingerprint density at radius 2 is 1.92 bits per heavy atom. The molecule has 0 aliphatic heterocycles. The zero-order chi connectivity index (χ0) is 19.5. The summed E-state index contributed by atoms with van der Waals surface area (Å²) >= 11 is 0. The first-order chi connectivity index (χ1) is 12.0. The minimum absolute atomic E-state index is 0.0770. The molecule has 2 unspecified atom stereocenters. The number of hydrogen-bond donors (Lipinski definition) is 2. The Hall–Kier alpha value is -1.93. The fourth-order valence-corrected chi connectivity index (χ4v) is 2.97. The van der Waals surface area contributed by atoms with E-state index in [2.05, 4.69) is 10.0 Å². The van der Waals surface area contributed by atoms with Gasteiger partial charge in [-0.3, -0.25) is 4.79 Å². The van der Waals surface area contributed by atoms with Crippen LogP contribution in [0.5, 0.6) is 0 Å². The van der Waals surface area contributed by atoms with Crippen LogP contribution in [0.25, 0.3) is 0 Å². The second kappa shape index (κ2) is 7.75. The quantitative estimate of drug-likeness (QED) is 0.823. The molecule has 0 saturated carbocycles. The number of rotatable bonds is 4. The van der Waals surface area contributed by atoms with Crippen LogP contribution < -0.4 is 10.0 Å². The van der Waals surface area contributed by atoms with Crippen molar-refractivity contribution in [2.24, 2.45) is 0 Å². The van der Waals surface area contributed by atoms with Gasteiger partial charge < -0.3 is 5.32 Å². The van der Waals surface area contributed by atoms with Gasteiger partial charge in [-0.05, 0) is 45.4 Å². The Labute approximate surface area is 153 Å². The Morgan fingerprint density at radius 1 is 1.23 bits per heavy atom. The topological polar surface area (TPSA) is 58.2 Å². The summed E-state index contributed by atoms with van der Waals surface area (Å²) in [7, 11) is -1.24. The van der Waals surface area contributed by atoms with Crippen LogP contribution in [-0.4, -0.2) is 20.9 Å². The molecular formula is C18H21F3N2O2S. The molecule has 2 atom stereocenters. The molecule has 1 aromatic rings. The molecule has 4 nitrogen and oxygen atoms in total. The highest BCUT2D eigenvalue weighted by atomic mass is 32.2. The zero-order valence-electron chi connectivity index (χ0n) is 14.7. The lowest BCUT2D eigenvalue weighted by atomic mass is 10.0. The number of halogens is 3. The van der Waals surface area contributed by atoms with Crippen molar-refractivity contribution in [2.75, 3.05) is 5.32 Å². The predicted octanol–water partition coefficient (Wildman–Crippen LogP) is 3.95. The number of benzene rings is 1. The molecule has 142 valence electrons. The number of anilines is 1. The Balaban J connectivity index is 1.98. The van der Waals surface area contributed by atoms with E-state index in [-0.39, 0.29) is 11.7 Å². The van der Waals surface area contributed by atoms with Crippen LogP contribution >= 0.6 is 0 Å². The van der Waals surface area contributed by atoms with Gasteiger partial charge in [0.15, 0.2) is 0 Å². The molecular weight excluding hydrogens is 365 g/mol. The van der Waals surface area contributed by atoms with E-state index in [1.54, 1.807) is 18.2 Å². The van der Waals surface area contributed by atoms with Crippen molar-refractivity contribution in [2.45, 2.75) is 44.2 Å². The molecule has 0 fully saturated rings. The molecule has 1 aliphatic carbocycles. The monoisotopic (exact) mass is 386 g/mol. The molecule has 2 rings (SSSR count). The third-order valence-electron chi connectivity index (χ3n) is 3.62. The van der Waals surface area contributed by atoms with Gasteiger partial charge in [0, 0.05) is 17.3 Å². The minimum Gasteiger partial charge on any atom is -0.322 e. The number of alkyl halides is 3. The van der Waals surface area contributed by atoms with Gasteiger partial charge in [0.25, 0.3) is 5.91 Å². The number of nitrogens with one attached hydrogen (secondary N) is 2. The van der Waals surface area contributed by atoms with Crippen LogP contribution in [0.15, 0.2) is 48.1 Å². The fraction of sp³-hybridized carbons (Fsp3) is 0.389. The average molecular weight is 386 g/mol. The van der Waals surface area contributed by atoms with E-state index in [0.29, 0.717) is 12.0 Å². The van der Waals surface area contributed by atoms with Crippen LogP contribution in [-0.2, 0) is 22.0 Å². The highest BCUT2D eigenvalue weighted by Crippen LogP contribution is 2.30. The van der Waals surface area contributed by atoms with Crippen molar-refractivity contribution < 1.29 is 22.2 Å². The summed E-state index contributed by atoms with van der Waals surface area (Å²) in [6, 6.07) is 4.31. The summed E-state index contributed by atoms with van der Waals surface area (Å²) in [5.74, 6) is -0.490. The number of hydrogen-bond acceptors (Lipinski definition) is 2. The summed E-state index contributed by atoms with van der Waals surface area (Å²) in [5, 5.41) is 2.47. The van der Waals surface area contributed by atoms with Gasteiger partial charge in [0.2, 0.25) is 0 Å². The lowest BCUT2D eigenvalue weighted by molar-refractivity contribution is -0.137. The molecule has 0 radical (unpaired) electrons. The third kappa shape index (κ3) is 5.54. The van der Waals surface area contributed by atoms with E-state index in [0.717, 1.165) is 12.1 Å². The van der Waals surface area contributed by atoms with Gasteiger partial charge in [-0.1, -0.05) is 24.3 Å². The molecule has 0 spiro atoms. The molecule has 1 aromatic carbocycles. The van der Waals surface area contributed by atoms with Gasteiger partial charge >= 0.3 is 6.18 Å². The molecule has 8 heteroatoms. The van der Waals surface area contributed by atoms with E-state index in [1.165, 1.54) is 12.1 Å². The van der Waals surface area contributed by atoms with Crippen molar-refractivity contribution in [1.29, 1.82) is 0 Å². The van der Waals surface area contributed by atoms with Gasteiger partial charge in [0.05, 0.1) is 21.3 Å². The van der Waals surface area contributed by atoms with Crippen molar-refractivity contribution in [3.63, 3.8) is 0 Å². The molecule has 1 aliphatic rings. The minimum atomic E-state index is -4.47. The zero-order valence-corrected chi connectivity index (χ0v) is 15.5. The summed E-state index contributed by atoms with van der Waals surface area (Å²) in [5.41, 5.74) is -0.396. The number of carbonyl (C=O) groups excluding carboxylic acids is 1. The number of amides is 1. The van der Waals surface area contributed by atoms with Crippen molar-refractivity contribution in [3.8, 4) is 0 Å². The smallest absolute Gasteiger partial charge is 0.322 e. The maximum absolute atomic E-state index is 12.7. The Morgan fingerprint density at radius 3 is 2.46 bits per heavy atom. The molecule has 1 amide bonds. The van der Waals surface area contributed by atoms with E-state index in [1.807, 2.05) is 20.8 Å². The molecule has 0 aromatic heterocycles. The van der Waals surface area contributed by atoms with Crippen LogP contribution in [0.4, 0.5) is 18.9 Å². The number of carbonyl (C=O) groups is 1. The standard InChI is InChI=1S/C18H21F3N2O2S/c1-17(2,3)26(25)23-14-9-7-12(8-10-14)16(24)22-15-6-4-5-13(11-15)18(19,20)21/h4-9,11,14,23H,10H2,1-3H3,(H,22,24). The van der Waals surface area contributed by atoms with E-state index in [9.17, 15) is 22.2 Å². The summed E-state index contributed by atoms with van der Waals surface area (Å²) < 4.78 is 52.8. The van der Waals surface area contributed by atoms with Gasteiger partial charge in [-0.25, -0.2) is 8.93 Å². The first-order valence-electron chi connectivity index (χ1n) is 8.02. The van der Waals surface area contributed by atoms with Crippen molar-refractivity contribution in [1.82, 2.24) is 4.72 Å². The fourth-order valence-electron chi connectivity index (χ4n) is 2.17. The summed E-state index contributed by atoms with van der Waals surface area (Å²) in [6.45, 7) is 5.56. The van der Waals surface area contributed by atoms with Crippen molar-refractivity contribution in [3.05, 3.63) is 53.6 Å². The average Bonchev–Trinajstić information content (AvgIpc) is 2.54. The molecule has 0 heterocycles.